The number of carbonyl (C=O) groups is 1. The monoisotopic (exact) mass is 160 g/mol. The third-order valence-electron chi connectivity index (χ3n) is 1.40. The number of aliphatic hydroxyl groups excluding tert-OH is 1. The van der Waals surface area contributed by atoms with E-state index in [1.54, 1.807) is 14.1 Å². The Labute approximate surface area is 65.1 Å². The molecule has 1 aliphatic heterocycles. The first kappa shape index (κ1) is 8.29. The molecule has 2 amide bonds. The Morgan fingerprint density at radius 3 is 2.73 bits per heavy atom. The fraction of sp³-hybridized carbons (Fsp3) is 0.833. The van der Waals surface area contributed by atoms with Crippen molar-refractivity contribution in [3.63, 3.8) is 0 Å². The van der Waals surface area contributed by atoms with Crippen LogP contribution in [-0.4, -0.2) is 54.5 Å². The van der Waals surface area contributed by atoms with Crippen LogP contribution in [0.15, 0.2) is 0 Å². The fourth-order valence-corrected chi connectivity index (χ4v) is 0.829. The molecule has 5 nitrogen and oxygen atoms in total. The lowest BCUT2D eigenvalue weighted by Crippen LogP contribution is -2.37. The first-order chi connectivity index (χ1) is 5.11. The van der Waals surface area contributed by atoms with E-state index in [1.165, 1.54) is 4.90 Å². The van der Waals surface area contributed by atoms with Crippen molar-refractivity contribution in [3.05, 3.63) is 0 Å². The van der Waals surface area contributed by atoms with Gasteiger partial charge in [-0.1, -0.05) is 0 Å². The lowest BCUT2D eigenvalue weighted by atomic mass is 10.4. The van der Waals surface area contributed by atoms with Crippen molar-refractivity contribution < 1.29 is 14.7 Å². The summed E-state index contributed by atoms with van der Waals surface area (Å²) < 4.78 is 0. The first-order valence-electron chi connectivity index (χ1n) is 3.41. The van der Waals surface area contributed by atoms with Crippen molar-refractivity contribution in [2.75, 3.05) is 27.2 Å². The number of hydrogen-bond donors (Lipinski definition) is 1. The highest BCUT2D eigenvalue weighted by Gasteiger charge is 2.26. The number of nitrogens with zero attached hydrogens (tertiary/aromatic N) is 2. The van der Waals surface area contributed by atoms with Crippen molar-refractivity contribution in [2.45, 2.75) is 6.10 Å². The maximum absolute atomic E-state index is 11.1. The van der Waals surface area contributed by atoms with Crippen LogP contribution < -0.4 is 0 Å². The molecule has 0 radical (unpaired) electrons. The van der Waals surface area contributed by atoms with E-state index in [1.807, 2.05) is 0 Å². The van der Waals surface area contributed by atoms with Gasteiger partial charge in [-0.15, -0.1) is 0 Å². The van der Waals surface area contributed by atoms with Crippen LogP contribution in [0.4, 0.5) is 4.79 Å². The molecule has 1 saturated heterocycles. The van der Waals surface area contributed by atoms with Gasteiger partial charge in [0.05, 0.1) is 6.54 Å². The summed E-state index contributed by atoms with van der Waals surface area (Å²) >= 11 is 0. The van der Waals surface area contributed by atoms with Gasteiger partial charge in [0.25, 0.3) is 0 Å². The van der Waals surface area contributed by atoms with Gasteiger partial charge in [-0.2, -0.15) is 0 Å². The highest BCUT2D eigenvalue weighted by molar-refractivity contribution is 5.72. The third kappa shape index (κ3) is 1.81. The van der Waals surface area contributed by atoms with Crippen LogP contribution in [0.2, 0.25) is 0 Å². The van der Waals surface area contributed by atoms with Crippen LogP contribution >= 0.6 is 0 Å². The Morgan fingerprint density at radius 2 is 2.36 bits per heavy atom. The number of amides is 2. The molecule has 0 aromatic rings. The van der Waals surface area contributed by atoms with Crippen molar-refractivity contribution in [1.82, 2.24) is 9.96 Å². The molecule has 0 aliphatic carbocycles. The summed E-state index contributed by atoms with van der Waals surface area (Å²) in [6, 6.07) is -0.235. The highest BCUT2D eigenvalue weighted by atomic mass is 16.7. The molecular formula is C6H12N2O3. The van der Waals surface area contributed by atoms with Crippen LogP contribution in [0.3, 0.4) is 0 Å². The predicted molar refractivity (Wildman–Crippen MR) is 37.7 cm³/mol. The summed E-state index contributed by atoms with van der Waals surface area (Å²) in [4.78, 5) is 17.4. The van der Waals surface area contributed by atoms with Gasteiger partial charge in [0.15, 0.2) is 0 Å². The van der Waals surface area contributed by atoms with E-state index in [4.69, 9.17) is 9.94 Å². The van der Waals surface area contributed by atoms with Gasteiger partial charge in [0.2, 0.25) is 0 Å². The zero-order valence-corrected chi connectivity index (χ0v) is 6.65. The zero-order valence-electron chi connectivity index (χ0n) is 6.65. The predicted octanol–water partition coefficient (Wildman–Crippen LogP) is -0.724. The van der Waals surface area contributed by atoms with Crippen LogP contribution in [-0.2, 0) is 4.84 Å². The quantitative estimate of drug-likeness (QED) is 0.508. The Bertz CT molecular complexity index is 160. The third-order valence-corrected chi connectivity index (χ3v) is 1.40. The van der Waals surface area contributed by atoms with Gasteiger partial charge in [-0.05, 0) is 0 Å². The molecule has 1 fully saturated rings. The SMILES string of the molecule is CN(C)C(=O)N1C[C@@H](O)CO1. The second kappa shape index (κ2) is 3.06. The molecule has 0 aromatic carbocycles. The van der Waals surface area contributed by atoms with Crippen molar-refractivity contribution in [2.24, 2.45) is 0 Å². The second-order valence-electron chi connectivity index (χ2n) is 2.69. The van der Waals surface area contributed by atoms with Gasteiger partial charge >= 0.3 is 6.03 Å². The average Bonchev–Trinajstić information content (AvgIpc) is 2.34. The van der Waals surface area contributed by atoms with Gasteiger partial charge < -0.3 is 10.0 Å². The second-order valence-corrected chi connectivity index (χ2v) is 2.69. The fourth-order valence-electron chi connectivity index (χ4n) is 0.829. The standard InChI is InChI=1S/C6H12N2O3/c1-7(2)6(10)8-3-5(9)4-11-8/h5,9H,3-4H2,1-2H3/t5-/m1/s1. The maximum Gasteiger partial charge on any atom is 0.343 e. The van der Waals surface area contributed by atoms with E-state index in [-0.39, 0.29) is 19.2 Å². The minimum atomic E-state index is -0.543. The topological polar surface area (TPSA) is 53.0 Å². The van der Waals surface area contributed by atoms with Crippen LogP contribution in [0, 0.1) is 0 Å². The molecule has 0 bridgehead atoms. The molecular weight excluding hydrogens is 148 g/mol. The number of hydrogen-bond acceptors (Lipinski definition) is 3. The molecule has 1 N–H and O–H groups in total. The van der Waals surface area contributed by atoms with Crippen LogP contribution in [0.1, 0.15) is 0 Å². The van der Waals surface area contributed by atoms with Gasteiger partial charge in [-0.3, -0.25) is 4.84 Å². The van der Waals surface area contributed by atoms with Crippen molar-refractivity contribution in [3.8, 4) is 0 Å². The molecule has 0 saturated carbocycles. The van der Waals surface area contributed by atoms with E-state index >= 15 is 0 Å². The normalized spacial score (nSPS) is 23.9. The summed E-state index contributed by atoms with van der Waals surface area (Å²) in [5.74, 6) is 0. The largest absolute Gasteiger partial charge is 0.389 e. The minimum Gasteiger partial charge on any atom is -0.389 e. The Kier molecular flexibility index (Phi) is 2.31. The summed E-state index contributed by atoms with van der Waals surface area (Å²) in [6.07, 6.45) is -0.543. The van der Waals surface area contributed by atoms with Crippen molar-refractivity contribution in [1.29, 1.82) is 0 Å². The molecule has 1 atom stereocenters. The van der Waals surface area contributed by atoms with E-state index in [0.717, 1.165) is 5.06 Å². The van der Waals surface area contributed by atoms with Crippen LogP contribution in [0.25, 0.3) is 0 Å². The molecule has 5 heteroatoms. The number of hydroxylamine groups is 2. The average molecular weight is 160 g/mol. The number of aliphatic hydroxyl groups is 1. The molecule has 64 valence electrons. The van der Waals surface area contributed by atoms with E-state index in [0.29, 0.717) is 0 Å². The maximum atomic E-state index is 11.1. The summed E-state index contributed by atoms with van der Waals surface area (Å²) in [7, 11) is 3.27. The van der Waals surface area contributed by atoms with Gasteiger partial charge in [0.1, 0.15) is 12.7 Å². The Balaban J connectivity index is 2.43. The molecule has 1 rings (SSSR count). The smallest absolute Gasteiger partial charge is 0.343 e. The number of rotatable bonds is 0. The van der Waals surface area contributed by atoms with Gasteiger partial charge in [0, 0.05) is 14.1 Å². The number of β-amino-alcohol motifs (C(OH)–C–C–N with tert-alkyl or cyclic N) is 1. The van der Waals surface area contributed by atoms with E-state index < -0.39 is 6.10 Å². The highest BCUT2D eigenvalue weighted by Crippen LogP contribution is 2.06. The Morgan fingerprint density at radius 1 is 1.73 bits per heavy atom. The molecule has 0 unspecified atom stereocenters. The summed E-state index contributed by atoms with van der Waals surface area (Å²) in [5, 5.41) is 10.2. The van der Waals surface area contributed by atoms with E-state index in [2.05, 4.69) is 0 Å². The number of carbonyl (C=O) groups excluding carboxylic acids is 1. The lowest BCUT2D eigenvalue weighted by molar-refractivity contribution is -0.0753. The zero-order chi connectivity index (χ0) is 8.43. The molecule has 0 aromatic heterocycles. The van der Waals surface area contributed by atoms with Gasteiger partial charge in [-0.25, -0.2) is 9.86 Å². The summed E-state index contributed by atoms with van der Waals surface area (Å²) in [6.45, 7) is 0.469. The van der Waals surface area contributed by atoms with E-state index in [9.17, 15) is 4.79 Å². The minimum absolute atomic E-state index is 0.208. The molecule has 0 spiro atoms. The Hall–Kier alpha value is -0.810. The molecule has 11 heavy (non-hydrogen) atoms. The van der Waals surface area contributed by atoms with Crippen LogP contribution in [0.5, 0.6) is 0 Å². The van der Waals surface area contributed by atoms with Crippen molar-refractivity contribution >= 4 is 6.03 Å². The molecule has 1 heterocycles. The summed E-state index contributed by atoms with van der Waals surface area (Å²) in [5.41, 5.74) is 0. The number of urea groups is 1. The molecule has 1 aliphatic rings. The lowest BCUT2D eigenvalue weighted by Gasteiger charge is -2.18. The first-order valence-corrected chi connectivity index (χ1v) is 3.41.